The average Bonchev–Trinajstić information content (AvgIpc) is 2.91. The molecule has 1 N–H and O–H groups in total. The molecule has 0 saturated carbocycles. The summed E-state index contributed by atoms with van der Waals surface area (Å²) in [7, 11) is 0. The van der Waals surface area contributed by atoms with E-state index in [9.17, 15) is 5.11 Å². The zero-order valence-electron chi connectivity index (χ0n) is 9.32. The molecule has 3 aromatic rings. The number of benzene rings is 2. The lowest BCUT2D eigenvalue weighted by Crippen LogP contribution is -1.74. The van der Waals surface area contributed by atoms with Crippen LogP contribution >= 0.6 is 11.3 Å². The molecule has 0 radical (unpaired) electrons. The first-order chi connectivity index (χ1) is 8.84. The van der Waals surface area contributed by atoms with Crippen molar-refractivity contribution < 1.29 is 5.11 Å². The van der Waals surface area contributed by atoms with Gasteiger partial charge in [-0.2, -0.15) is 0 Å². The summed E-state index contributed by atoms with van der Waals surface area (Å²) >= 11 is 1.40. The van der Waals surface area contributed by atoms with Crippen LogP contribution in [0.1, 0.15) is 0 Å². The van der Waals surface area contributed by atoms with E-state index in [0.29, 0.717) is 10.8 Å². The molecule has 18 heavy (non-hydrogen) atoms. The van der Waals surface area contributed by atoms with E-state index in [-0.39, 0.29) is 5.75 Å². The number of azo groups is 1. The molecule has 0 aliphatic heterocycles. The van der Waals surface area contributed by atoms with E-state index in [1.807, 2.05) is 35.7 Å². The summed E-state index contributed by atoms with van der Waals surface area (Å²) in [6.07, 6.45) is 1.67. The Bertz CT molecular complexity index is 707. The molecule has 0 bridgehead atoms. The molecule has 1 aromatic heterocycles. The van der Waals surface area contributed by atoms with Gasteiger partial charge in [-0.3, -0.25) is 0 Å². The van der Waals surface area contributed by atoms with E-state index in [1.165, 1.54) is 11.3 Å². The highest BCUT2D eigenvalue weighted by Crippen LogP contribution is 2.35. The van der Waals surface area contributed by atoms with Crippen molar-refractivity contribution in [2.24, 2.45) is 10.2 Å². The third kappa shape index (κ3) is 1.96. The van der Waals surface area contributed by atoms with Gasteiger partial charge in [-0.15, -0.1) is 21.6 Å². The van der Waals surface area contributed by atoms with E-state index in [2.05, 4.69) is 15.2 Å². The molecular formula is C13H9N3OS. The van der Waals surface area contributed by atoms with E-state index in [4.69, 9.17) is 0 Å². The fourth-order valence-corrected chi connectivity index (χ4v) is 2.16. The van der Waals surface area contributed by atoms with Crippen LogP contribution in [-0.4, -0.2) is 10.1 Å². The first kappa shape index (κ1) is 10.9. The van der Waals surface area contributed by atoms with Gasteiger partial charge in [0.1, 0.15) is 11.4 Å². The van der Waals surface area contributed by atoms with Gasteiger partial charge in [0.25, 0.3) is 0 Å². The Morgan fingerprint density at radius 3 is 2.78 bits per heavy atom. The number of aromatic hydroxyl groups is 1. The highest BCUT2D eigenvalue weighted by Gasteiger charge is 2.05. The lowest BCUT2D eigenvalue weighted by atomic mass is 10.1. The Labute approximate surface area is 107 Å². The first-order valence-corrected chi connectivity index (χ1v) is 6.24. The minimum atomic E-state index is 0.119. The monoisotopic (exact) mass is 255 g/mol. The molecule has 88 valence electrons. The van der Waals surface area contributed by atoms with Crippen molar-refractivity contribution in [2.75, 3.05) is 0 Å². The fraction of sp³-hybridized carbons (Fsp3) is 0. The molecule has 2 aromatic carbocycles. The Morgan fingerprint density at radius 1 is 1.06 bits per heavy atom. The van der Waals surface area contributed by atoms with Crippen LogP contribution in [0.2, 0.25) is 0 Å². The summed E-state index contributed by atoms with van der Waals surface area (Å²) in [6.45, 7) is 0. The molecule has 0 fully saturated rings. The summed E-state index contributed by atoms with van der Waals surface area (Å²) in [5, 5.41) is 22.3. The molecule has 4 nitrogen and oxygen atoms in total. The van der Waals surface area contributed by atoms with Crippen LogP contribution in [0.25, 0.3) is 10.8 Å². The van der Waals surface area contributed by atoms with Crippen LogP contribution in [0.15, 0.2) is 58.2 Å². The Morgan fingerprint density at radius 2 is 1.94 bits per heavy atom. The second-order valence-electron chi connectivity index (χ2n) is 3.67. The number of thiazole rings is 1. The predicted octanol–water partition coefficient (Wildman–Crippen LogP) is 4.42. The van der Waals surface area contributed by atoms with E-state index < -0.39 is 0 Å². The maximum absolute atomic E-state index is 9.87. The van der Waals surface area contributed by atoms with Crippen LogP contribution in [0.5, 0.6) is 5.75 Å². The molecule has 0 atom stereocenters. The third-order valence-corrected chi connectivity index (χ3v) is 3.19. The van der Waals surface area contributed by atoms with Crippen molar-refractivity contribution in [3.8, 4) is 5.75 Å². The van der Waals surface area contributed by atoms with Gasteiger partial charge in [0.2, 0.25) is 5.13 Å². The number of hydrogen-bond acceptors (Lipinski definition) is 5. The van der Waals surface area contributed by atoms with Crippen LogP contribution < -0.4 is 0 Å². The quantitative estimate of drug-likeness (QED) is 0.689. The fourth-order valence-electron chi connectivity index (χ4n) is 1.71. The van der Waals surface area contributed by atoms with Gasteiger partial charge in [0.05, 0.1) is 0 Å². The zero-order valence-corrected chi connectivity index (χ0v) is 10.1. The lowest BCUT2D eigenvalue weighted by Gasteiger charge is -2.02. The van der Waals surface area contributed by atoms with Crippen molar-refractivity contribution in [3.63, 3.8) is 0 Å². The second kappa shape index (κ2) is 4.54. The van der Waals surface area contributed by atoms with Crippen molar-refractivity contribution in [1.29, 1.82) is 0 Å². The van der Waals surface area contributed by atoms with Crippen molar-refractivity contribution in [1.82, 2.24) is 4.98 Å². The first-order valence-electron chi connectivity index (χ1n) is 5.36. The molecule has 0 amide bonds. The third-order valence-electron chi connectivity index (χ3n) is 2.53. The van der Waals surface area contributed by atoms with Gasteiger partial charge in [-0.05, 0) is 11.5 Å². The van der Waals surface area contributed by atoms with Gasteiger partial charge >= 0.3 is 0 Å². The molecule has 0 saturated heterocycles. The zero-order chi connectivity index (χ0) is 12.4. The highest BCUT2D eigenvalue weighted by molar-refractivity contribution is 7.13. The van der Waals surface area contributed by atoms with Gasteiger partial charge in [-0.1, -0.05) is 30.3 Å². The minimum Gasteiger partial charge on any atom is -0.506 e. The predicted molar refractivity (Wildman–Crippen MR) is 71.9 cm³/mol. The molecule has 3 rings (SSSR count). The number of rotatable bonds is 2. The number of phenols is 1. The smallest absolute Gasteiger partial charge is 0.229 e. The van der Waals surface area contributed by atoms with E-state index in [0.717, 1.165) is 10.8 Å². The molecule has 0 spiro atoms. The topological polar surface area (TPSA) is 57.8 Å². The molecule has 5 heteroatoms. The number of hydrogen-bond donors (Lipinski definition) is 1. The maximum atomic E-state index is 9.87. The molecule has 0 unspecified atom stereocenters. The van der Waals surface area contributed by atoms with Crippen molar-refractivity contribution in [2.45, 2.75) is 0 Å². The number of fused-ring (bicyclic) bond motifs is 1. The normalized spacial score (nSPS) is 11.3. The Kier molecular flexibility index (Phi) is 2.74. The summed E-state index contributed by atoms with van der Waals surface area (Å²) in [6, 6.07) is 11.2. The Hall–Kier alpha value is -2.27. The van der Waals surface area contributed by atoms with Gasteiger partial charge in [0.15, 0.2) is 0 Å². The minimum absolute atomic E-state index is 0.119. The van der Waals surface area contributed by atoms with E-state index in [1.54, 1.807) is 12.3 Å². The molecular weight excluding hydrogens is 246 g/mol. The molecule has 0 aliphatic carbocycles. The molecule has 0 aliphatic rings. The second-order valence-corrected chi connectivity index (χ2v) is 4.54. The number of aromatic nitrogens is 1. The SMILES string of the molecule is Oc1ccc2ccccc2c1N=Nc1nccs1. The Balaban J connectivity index is 2.13. The summed E-state index contributed by atoms with van der Waals surface area (Å²) in [5.74, 6) is 0.119. The summed E-state index contributed by atoms with van der Waals surface area (Å²) in [5.41, 5.74) is 0.475. The van der Waals surface area contributed by atoms with Crippen LogP contribution in [0.4, 0.5) is 10.8 Å². The van der Waals surface area contributed by atoms with Gasteiger partial charge < -0.3 is 5.11 Å². The molecule has 1 heterocycles. The van der Waals surface area contributed by atoms with Crippen LogP contribution in [0, 0.1) is 0 Å². The summed E-state index contributed by atoms with van der Waals surface area (Å²) in [4.78, 5) is 4.02. The van der Waals surface area contributed by atoms with E-state index >= 15 is 0 Å². The van der Waals surface area contributed by atoms with Crippen LogP contribution in [0.3, 0.4) is 0 Å². The van der Waals surface area contributed by atoms with Gasteiger partial charge in [-0.25, -0.2) is 4.98 Å². The average molecular weight is 255 g/mol. The number of phenolic OH excluding ortho intramolecular Hbond substituents is 1. The summed E-state index contributed by atoms with van der Waals surface area (Å²) < 4.78 is 0. The van der Waals surface area contributed by atoms with Gasteiger partial charge in [0, 0.05) is 17.0 Å². The maximum Gasteiger partial charge on any atom is 0.229 e. The van der Waals surface area contributed by atoms with Crippen LogP contribution in [-0.2, 0) is 0 Å². The standard InChI is InChI=1S/C13H9N3OS/c17-11-6-5-9-3-1-2-4-10(9)12(11)15-16-13-14-7-8-18-13/h1-8,17H. The van der Waals surface area contributed by atoms with Crippen molar-refractivity contribution >= 4 is 32.9 Å². The highest BCUT2D eigenvalue weighted by atomic mass is 32.1. The van der Waals surface area contributed by atoms with Crippen molar-refractivity contribution in [3.05, 3.63) is 48.0 Å². The number of nitrogens with zero attached hydrogens (tertiary/aromatic N) is 3. The lowest BCUT2D eigenvalue weighted by molar-refractivity contribution is 0.477. The largest absolute Gasteiger partial charge is 0.506 e.